The van der Waals surface area contributed by atoms with Crippen LogP contribution in [0.3, 0.4) is 0 Å². The highest BCUT2D eigenvalue weighted by Gasteiger charge is 2.06. The normalized spacial score (nSPS) is 10.8. The summed E-state index contributed by atoms with van der Waals surface area (Å²) in [6.45, 7) is 2.22. The van der Waals surface area contributed by atoms with E-state index in [1.54, 1.807) is 38.3 Å². The third-order valence-electron chi connectivity index (χ3n) is 3.62. The lowest BCUT2D eigenvalue weighted by molar-refractivity contribution is -0.120. The van der Waals surface area contributed by atoms with Crippen molar-refractivity contribution in [1.82, 2.24) is 10.7 Å². The summed E-state index contributed by atoms with van der Waals surface area (Å²) in [7, 11) is 1.58. The molecule has 0 aliphatic rings. The van der Waals surface area contributed by atoms with Gasteiger partial charge in [0, 0.05) is 12.3 Å². The highest BCUT2D eigenvalue weighted by atomic mass is 16.6. The molecule has 0 aliphatic heterocycles. The topological polar surface area (TPSA) is 89.0 Å². The fraction of sp³-hybridized carbons (Fsp3) is 0.250. The molecule has 0 heterocycles. The van der Waals surface area contributed by atoms with Gasteiger partial charge in [-0.15, -0.1) is 0 Å². The van der Waals surface area contributed by atoms with Crippen LogP contribution in [-0.2, 0) is 22.7 Å². The SMILES string of the molecule is COc1ccc(COC(=O)N/N=C(\C)CC(=O)NCc2ccccc2)cc1. The van der Waals surface area contributed by atoms with Crippen LogP contribution in [0.1, 0.15) is 24.5 Å². The van der Waals surface area contributed by atoms with E-state index < -0.39 is 6.09 Å². The second-order valence-electron chi connectivity index (χ2n) is 5.82. The van der Waals surface area contributed by atoms with Gasteiger partial charge in [0.15, 0.2) is 0 Å². The molecule has 7 heteroatoms. The highest BCUT2D eigenvalue weighted by Crippen LogP contribution is 2.11. The van der Waals surface area contributed by atoms with Crippen LogP contribution in [0, 0.1) is 0 Å². The Morgan fingerprint density at radius 2 is 1.70 bits per heavy atom. The predicted octanol–water partition coefficient (Wildman–Crippen LogP) is 3.00. The molecule has 0 unspecified atom stereocenters. The summed E-state index contributed by atoms with van der Waals surface area (Å²) in [6.07, 6.45) is -0.596. The molecule has 2 rings (SSSR count). The van der Waals surface area contributed by atoms with Crippen LogP contribution in [0.25, 0.3) is 0 Å². The van der Waals surface area contributed by atoms with Crippen molar-refractivity contribution in [1.29, 1.82) is 0 Å². The van der Waals surface area contributed by atoms with Gasteiger partial charge < -0.3 is 14.8 Å². The molecule has 0 bridgehead atoms. The maximum Gasteiger partial charge on any atom is 0.428 e. The maximum absolute atomic E-state index is 11.9. The standard InChI is InChI=1S/C20H23N3O4/c1-15(12-19(24)21-13-16-6-4-3-5-7-16)22-23-20(25)27-14-17-8-10-18(26-2)11-9-17/h3-11H,12-14H2,1-2H3,(H,21,24)(H,23,25)/b22-15+. The Balaban J connectivity index is 1.68. The molecule has 2 aromatic carbocycles. The number of carbonyl (C=O) groups is 2. The first-order valence-electron chi connectivity index (χ1n) is 8.46. The lowest BCUT2D eigenvalue weighted by Gasteiger charge is -2.07. The number of ether oxygens (including phenoxy) is 2. The summed E-state index contributed by atoms with van der Waals surface area (Å²) in [5.74, 6) is 0.558. The largest absolute Gasteiger partial charge is 0.497 e. The molecular weight excluding hydrogens is 346 g/mol. The Morgan fingerprint density at radius 1 is 1.00 bits per heavy atom. The van der Waals surface area contributed by atoms with Crippen molar-refractivity contribution in [2.45, 2.75) is 26.5 Å². The van der Waals surface area contributed by atoms with Gasteiger partial charge in [-0.25, -0.2) is 10.2 Å². The van der Waals surface area contributed by atoms with E-state index in [2.05, 4.69) is 15.8 Å². The van der Waals surface area contributed by atoms with E-state index in [9.17, 15) is 9.59 Å². The van der Waals surface area contributed by atoms with Crippen LogP contribution in [0.4, 0.5) is 4.79 Å². The first kappa shape index (κ1) is 20.0. The average molecular weight is 369 g/mol. The molecule has 2 aromatic rings. The van der Waals surface area contributed by atoms with Crippen molar-refractivity contribution in [3.8, 4) is 5.75 Å². The number of carbonyl (C=O) groups excluding carboxylic acids is 2. The summed E-state index contributed by atoms with van der Waals surface area (Å²) < 4.78 is 10.1. The second kappa shape index (κ2) is 10.6. The van der Waals surface area contributed by atoms with Gasteiger partial charge >= 0.3 is 6.09 Å². The van der Waals surface area contributed by atoms with Crippen LogP contribution in [0.15, 0.2) is 59.7 Å². The molecule has 0 aliphatic carbocycles. The number of rotatable bonds is 8. The van der Waals surface area contributed by atoms with E-state index in [-0.39, 0.29) is 18.9 Å². The molecule has 0 atom stereocenters. The zero-order valence-electron chi connectivity index (χ0n) is 15.4. The smallest absolute Gasteiger partial charge is 0.428 e. The molecule has 0 aromatic heterocycles. The molecule has 0 radical (unpaired) electrons. The van der Waals surface area contributed by atoms with Gasteiger partial charge in [-0.1, -0.05) is 42.5 Å². The Labute approximate surface area is 158 Å². The van der Waals surface area contributed by atoms with Crippen molar-refractivity contribution in [3.05, 3.63) is 65.7 Å². The number of amides is 2. The third kappa shape index (κ3) is 7.60. The fourth-order valence-electron chi connectivity index (χ4n) is 2.17. The van der Waals surface area contributed by atoms with Gasteiger partial charge in [-0.3, -0.25) is 4.79 Å². The van der Waals surface area contributed by atoms with E-state index in [0.29, 0.717) is 12.3 Å². The third-order valence-corrected chi connectivity index (χ3v) is 3.62. The van der Waals surface area contributed by atoms with Crippen molar-refractivity contribution < 1.29 is 19.1 Å². The van der Waals surface area contributed by atoms with E-state index in [0.717, 1.165) is 16.9 Å². The number of hydrazone groups is 1. The molecule has 0 fully saturated rings. The number of benzene rings is 2. The second-order valence-corrected chi connectivity index (χ2v) is 5.82. The van der Waals surface area contributed by atoms with Crippen LogP contribution in [-0.4, -0.2) is 24.8 Å². The van der Waals surface area contributed by atoms with Crippen LogP contribution >= 0.6 is 0 Å². The van der Waals surface area contributed by atoms with Gasteiger partial charge in [0.1, 0.15) is 12.4 Å². The van der Waals surface area contributed by atoms with Gasteiger partial charge in [0.25, 0.3) is 0 Å². The summed E-state index contributed by atoms with van der Waals surface area (Å²) in [4.78, 5) is 23.6. The van der Waals surface area contributed by atoms with Crippen molar-refractivity contribution in [2.24, 2.45) is 5.10 Å². The summed E-state index contributed by atoms with van der Waals surface area (Å²) in [5.41, 5.74) is 4.59. The highest BCUT2D eigenvalue weighted by molar-refractivity contribution is 5.99. The summed E-state index contributed by atoms with van der Waals surface area (Å²) in [5, 5.41) is 6.67. The Morgan fingerprint density at radius 3 is 2.37 bits per heavy atom. The van der Waals surface area contributed by atoms with E-state index in [1.165, 1.54) is 0 Å². The molecule has 2 N–H and O–H groups in total. The lowest BCUT2D eigenvalue weighted by atomic mass is 10.2. The Hall–Kier alpha value is -3.35. The lowest BCUT2D eigenvalue weighted by Crippen LogP contribution is -2.26. The van der Waals surface area contributed by atoms with Crippen molar-refractivity contribution in [2.75, 3.05) is 7.11 Å². The molecule has 0 saturated heterocycles. The van der Waals surface area contributed by atoms with Gasteiger partial charge in [0.05, 0.1) is 13.5 Å². The van der Waals surface area contributed by atoms with Gasteiger partial charge in [-0.2, -0.15) is 5.10 Å². The molecular formula is C20H23N3O4. The number of methoxy groups -OCH3 is 1. The zero-order chi connectivity index (χ0) is 19.5. The van der Waals surface area contributed by atoms with Crippen molar-refractivity contribution >= 4 is 17.7 Å². The maximum atomic E-state index is 11.9. The molecule has 2 amide bonds. The Kier molecular flexibility index (Phi) is 7.84. The minimum Gasteiger partial charge on any atom is -0.497 e. The zero-order valence-corrected chi connectivity index (χ0v) is 15.4. The minimum atomic E-state index is -0.685. The molecule has 142 valence electrons. The van der Waals surface area contributed by atoms with E-state index in [1.807, 2.05) is 30.3 Å². The first-order chi connectivity index (χ1) is 13.1. The molecule has 0 spiro atoms. The molecule has 7 nitrogen and oxygen atoms in total. The first-order valence-corrected chi connectivity index (χ1v) is 8.46. The van der Waals surface area contributed by atoms with E-state index in [4.69, 9.17) is 9.47 Å². The predicted molar refractivity (Wildman–Crippen MR) is 102 cm³/mol. The van der Waals surface area contributed by atoms with Crippen LogP contribution in [0.5, 0.6) is 5.75 Å². The summed E-state index contributed by atoms with van der Waals surface area (Å²) in [6, 6.07) is 16.8. The van der Waals surface area contributed by atoms with Gasteiger partial charge in [0.2, 0.25) is 5.91 Å². The monoisotopic (exact) mass is 369 g/mol. The van der Waals surface area contributed by atoms with Crippen molar-refractivity contribution in [3.63, 3.8) is 0 Å². The van der Waals surface area contributed by atoms with Gasteiger partial charge in [-0.05, 0) is 30.2 Å². The fourth-order valence-corrected chi connectivity index (χ4v) is 2.17. The minimum absolute atomic E-state index is 0.0889. The number of hydrogen-bond acceptors (Lipinski definition) is 5. The number of nitrogens with one attached hydrogen (secondary N) is 2. The molecule has 0 saturated carbocycles. The number of nitrogens with zero attached hydrogens (tertiary/aromatic N) is 1. The Bertz CT molecular complexity index is 774. The molecule has 27 heavy (non-hydrogen) atoms. The van der Waals surface area contributed by atoms with Crippen LogP contribution in [0.2, 0.25) is 0 Å². The number of hydrogen-bond donors (Lipinski definition) is 2. The van der Waals surface area contributed by atoms with E-state index >= 15 is 0 Å². The quantitative estimate of drug-likeness (QED) is 0.553. The summed E-state index contributed by atoms with van der Waals surface area (Å²) >= 11 is 0. The van der Waals surface area contributed by atoms with Crippen LogP contribution < -0.4 is 15.5 Å². The average Bonchev–Trinajstić information content (AvgIpc) is 2.70.